The van der Waals surface area contributed by atoms with Crippen molar-refractivity contribution in [3.63, 3.8) is 0 Å². The standard InChI is InChI=1S/C17H18O3/c1-17(2,3)10-6-9-13-14(18)11-7-4-5-8-12(11)15(19)16(13)20/h4-9,18H,10H2,1-3H3. The molecule has 0 radical (unpaired) electrons. The van der Waals surface area contributed by atoms with Crippen LogP contribution in [0.3, 0.4) is 0 Å². The molecule has 1 aliphatic carbocycles. The van der Waals surface area contributed by atoms with Crippen LogP contribution in [0, 0.1) is 5.41 Å². The molecule has 0 amide bonds. The molecule has 0 atom stereocenters. The smallest absolute Gasteiger partial charge is 0.237 e. The summed E-state index contributed by atoms with van der Waals surface area (Å²) in [6.07, 6.45) is 4.13. The van der Waals surface area contributed by atoms with Crippen LogP contribution in [0.25, 0.3) is 5.76 Å². The highest BCUT2D eigenvalue weighted by molar-refractivity contribution is 6.52. The Kier molecular flexibility index (Phi) is 3.62. The van der Waals surface area contributed by atoms with Crippen LogP contribution in [0.15, 0.2) is 42.0 Å². The summed E-state index contributed by atoms with van der Waals surface area (Å²) in [6.45, 7) is 6.23. The highest BCUT2D eigenvalue weighted by Crippen LogP contribution is 2.29. The topological polar surface area (TPSA) is 54.4 Å². The first-order valence-electron chi connectivity index (χ1n) is 6.59. The Labute approximate surface area is 118 Å². The van der Waals surface area contributed by atoms with E-state index in [0.29, 0.717) is 5.56 Å². The lowest BCUT2D eigenvalue weighted by molar-refractivity contribution is -0.111. The fourth-order valence-corrected chi connectivity index (χ4v) is 2.07. The fraction of sp³-hybridized carbons (Fsp3) is 0.294. The van der Waals surface area contributed by atoms with Gasteiger partial charge in [0.1, 0.15) is 5.76 Å². The maximum absolute atomic E-state index is 12.0. The van der Waals surface area contributed by atoms with Gasteiger partial charge in [0.15, 0.2) is 0 Å². The summed E-state index contributed by atoms with van der Waals surface area (Å²) in [5.41, 5.74) is 0.861. The number of aliphatic hydroxyl groups is 1. The zero-order valence-corrected chi connectivity index (χ0v) is 11.9. The van der Waals surface area contributed by atoms with Gasteiger partial charge in [-0.1, -0.05) is 57.2 Å². The maximum Gasteiger partial charge on any atom is 0.237 e. The van der Waals surface area contributed by atoms with Crippen LogP contribution in [0.5, 0.6) is 0 Å². The van der Waals surface area contributed by atoms with Gasteiger partial charge >= 0.3 is 0 Å². The number of carbonyl (C=O) groups excluding carboxylic acids is 2. The minimum absolute atomic E-state index is 0.0814. The lowest BCUT2D eigenvalue weighted by Crippen LogP contribution is -2.23. The van der Waals surface area contributed by atoms with E-state index < -0.39 is 11.6 Å². The lowest BCUT2D eigenvalue weighted by atomic mass is 9.87. The summed E-state index contributed by atoms with van der Waals surface area (Å²) in [4.78, 5) is 24.0. The molecule has 20 heavy (non-hydrogen) atoms. The molecule has 1 aliphatic rings. The molecule has 0 saturated heterocycles. The number of hydrogen-bond acceptors (Lipinski definition) is 3. The first kappa shape index (κ1) is 14.3. The van der Waals surface area contributed by atoms with Gasteiger partial charge in [0.2, 0.25) is 11.6 Å². The summed E-state index contributed by atoms with van der Waals surface area (Å²) >= 11 is 0. The maximum atomic E-state index is 12.0. The number of Topliss-reactive ketones (excluding diaryl/α,β-unsaturated/α-hetero) is 2. The molecular formula is C17H18O3. The van der Waals surface area contributed by atoms with E-state index in [1.54, 1.807) is 30.3 Å². The van der Waals surface area contributed by atoms with E-state index >= 15 is 0 Å². The molecule has 0 aromatic heterocycles. The minimum Gasteiger partial charge on any atom is -0.507 e. The van der Waals surface area contributed by atoms with E-state index in [9.17, 15) is 14.7 Å². The quantitative estimate of drug-likeness (QED) is 0.833. The lowest BCUT2D eigenvalue weighted by Gasteiger charge is -2.17. The molecule has 1 aromatic carbocycles. The molecule has 0 bridgehead atoms. The van der Waals surface area contributed by atoms with Crippen LogP contribution >= 0.6 is 0 Å². The number of aliphatic hydroxyl groups excluding tert-OH is 1. The van der Waals surface area contributed by atoms with E-state index in [1.807, 2.05) is 6.08 Å². The molecule has 0 unspecified atom stereocenters. The Morgan fingerprint density at radius 1 is 1.05 bits per heavy atom. The molecular weight excluding hydrogens is 252 g/mol. The summed E-state index contributed by atoms with van der Waals surface area (Å²) in [5, 5.41) is 10.2. The van der Waals surface area contributed by atoms with Crippen LogP contribution in [0.4, 0.5) is 0 Å². The second-order valence-corrected chi connectivity index (χ2v) is 6.13. The van der Waals surface area contributed by atoms with Gasteiger partial charge in [-0.25, -0.2) is 0 Å². The number of fused-ring (bicyclic) bond motifs is 1. The third-order valence-electron chi connectivity index (χ3n) is 3.15. The number of carbonyl (C=O) groups is 2. The third-order valence-corrected chi connectivity index (χ3v) is 3.15. The highest BCUT2D eigenvalue weighted by Gasteiger charge is 2.31. The molecule has 0 saturated carbocycles. The van der Waals surface area contributed by atoms with Gasteiger partial charge in [-0.2, -0.15) is 0 Å². The van der Waals surface area contributed by atoms with Crippen molar-refractivity contribution < 1.29 is 14.7 Å². The van der Waals surface area contributed by atoms with Crippen LogP contribution < -0.4 is 0 Å². The molecule has 1 aromatic rings. The second kappa shape index (κ2) is 5.08. The normalized spacial score (nSPS) is 15.9. The Morgan fingerprint density at radius 2 is 1.65 bits per heavy atom. The molecule has 3 nitrogen and oxygen atoms in total. The van der Waals surface area contributed by atoms with Crippen molar-refractivity contribution in [2.24, 2.45) is 5.41 Å². The highest BCUT2D eigenvalue weighted by atomic mass is 16.3. The Hall–Kier alpha value is -2.16. The fourth-order valence-electron chi connectivity index (χ4n) is 2.07. The summed E-state index contributed by atoms with van der Waals surface area (Å²) < 4.78 is 0. The average Bonchev–Trinajstić information content (AvgIpc) is 2.39. The third kappa shape index (κ3) is 2.72. The average molecular weight is 270 g/mol. The monoisotopic (exact) mass is 270 g/mol. The molecule has 0 aliphatic heterocycles. The summed E-state index contributed by atoms with van der Waals surface area (Å²) in [7, 11) is 0. The van der Waals surface area contributed by atoms with Crippen molar-refractivity contribution >= 4 is 17.3 Å². The van der Waals surface area contributed by atoms with Gasteiger partial charge in [0, 0.05) is 11.1 Å². The van der Waals surface area contributed by atoms with Crippen LogP contribution in [-0.2, 0) is 4.79 Å². The van der Waals surface area contributed by atoms with Crippen LogP contribution in [0.2, 0.25) is 0 Å². The van der Waals surface area contributed by atoms with Gasteiger partial charge in [0.25, 0.3) is 0 Å². The van der Waals surface area contributed by atoms with Crippen molar-refractivity contribution in [1.29, 1.82) is 0 Å². The molecule has 0 spiro atoms. The Morgan fingerprint density at radius 3 is 2.25 bits per heavy atom. The first-order valence-corrected chi connectivity index (χ1v) is 6.59. The largest absolute Gasteiger partial charge is 0.507 e. The molecule has 0 heterocycles. The van der Waals surface area contributed by atoms with Crippen molar-refractivity contribution in [3.05, 3.63) is 53.1 Å². The molecule has 1 N–H and O–H groups in total. The number of benzene rings is 1. The zero-order valence-electron chi connectivity index (χ0n) is 11.9. The predicted octanol–water partition coefficient (Wildman–Crippen LogP) is 3.71. The summed E-state index contributed by atoms with van der Waals surface area (Å²) in [6, 6.07) is 6.61. The number of allylic oxidation sites excluding steroid dienone is 3. The summed E-state index contributed by atoms with van der Waals surface area (Å²) in [5.74, 6) is -1.32. The number of hydrogen-bond donors (Lipinski definition) is 1. The molecule has 2 rings (SSSR count). The zero-order chi connectivity index (χ0) is 14.9. The number of rotatable bonds is 2. The van der Waals surface area contributed by atoms with Gasteiger partial charge < -0.3 is 5.11 Å². The van der Waals surface area contributed by atoms with Crippen LogP contribution in [-0.4, -0.2) is 16.7 Å². The van der Waals surface area contributed by atoms with E-state index in [4.69, 9.17) is 0 Å². The first-order chi connectivity index (χ1) is 9.31. The number of ketones is 2. The van der Waals surface area contributed by atoms with Crippen molar-refractivity contribution in [1.82, 2.24) is 0 Å². The van der Waals surface area contributed by atoms with Gasteiger partial charge in [0.05, 0.1) is 5.57 Å². The van der Waals surface area contributed by atoms with Gasteiger partial charge in [-0.15, -0.1) is 0 Å². The Balaban J connectivity index is 2.42. The van der Waals surface area contributed by atoms with Crippen LogP contribution in [0.1, 0.15) is 43.1 Å². The van der Waals surface area contributed by atoms with Gasteiger partial charge in [-0.3, -0.25) is 9.59 Å². The SMILES string of the molecule is CC(C)(C)CC=CC1=C(O)c2ccccc2C(=O)C1=O. The predicted molar refractivity (Wildman–Crippen MR) is 78.5 cm³/mol. The van der Waals surface area contributed by atoms with E-state index in [1.165, 1.54) is 0 Å². The van der Waals surface area contributed by atoms with E-state index in [-0.39, 0.29) is 22.3 Å². The van der Waals surface area contributed by atoms with E-state index in [0.717, 1.165) is 6.42 Å². The molecule has 0 fully saturated rings. The van der Waals surface area contributed by atoms with Gasteiger partial charge in [-0.05, 0) is 11.8 Å². The molecule has 3 heteroatoms. The van der Waals surface area contributed by atoms with Crippen molar-refractivity contribution in [2.75, 3.05) is 0 Å². The van der Waals surface area contributed by atoms with Crippen molar-refractivity contribution in [2.45, 2.75) is 27.2 Å². The minimum atomic E-state index is -0.647. The van der Waals surface area contributed by atoms with Crippen molar-refractivity contribution in [3.8, 4) is 0 Å². The second-order valence-electron chi connectivity index (χ2n) is 6.13. The van der Waals surface area contributed by atoms with E-state index in [2.05, 4.69) is 20.8 Å². The Bertz CT molecular complexity index is 628. The molecule has 104 valence electrons.